The van der Waals surface area contributed by atoms with Crippen molar-refractivity contribution in [1.29, 1.82) is 0 Å². The van der Waals surface area contributed by atoms with Crippen LogP contribution in [-0.4, -0.2) is 29.6 Å². The molecular weight excluding hydrogens is 208 g/mol. The fourth-order valence-electron chi connectivity index (χ4n) is 3.77. The zero-order valence-corrected chi connectivity index (χ0v) is 11.9. The Kier molecular flexibility index (Phi) is 3.39. The zero-order valence-electron chi connectivity index (χ0n) is 11.9. The summed E-state index contributed by atoms with van der Waals surface area (Å²) in [6.07, 6.45) is 7.26. The number of piperidine rings is 1. The van der Waals surface area contributed by atoms with Crippen LogP contribution in [-0.2, 0) is 0 Å². The van der Waals surface area contributed by atoms with Crippen molar-refractivity contribution >= 4 is 0 Å². The lowest BCUT2D eigenvalue weighted by molar-refractivity contribution is 0.0542. The van der Waals surface area contributed by atoms with Crippen LogP contribution in [0.5, 0.6) is 0 Å². The summed E-state index contributed by atoms with van der Waals surface area (Å²) in [6, 6.07) is 0.399. The molecule has 1 saturated heterocycles. The van der Waals surface area contributed by atoms with Gasteiger partial charge in [-0.1, -0.05) is 11.6 Å². The monoisotopic (exact) mass is 236 g/mol. The van der Waals surface area contributed by atoms with Gasteiger partial charge in [0.2, 0.25) is 0 Å². The molecule has 0 bridgehead atoms. The van der Waals surface area contributed by atoms with Crippen LogP contribution < -0.4 is 5.73 Å². The van der Waals surface area contributed by atoms with Crippen molar-refractivity contribution in [2.24, 2.45) is 11.1 Å². The van der Waals surface area contributed by atoms with E-state index in [-0.39, 0.29) is 0 Å². The molecule has 2 aliphatic rings. The van der Waals surface area contributed by atoms with Gasteiger partial charge in [0.05, 0.1) is 0 Å². The molecule has 0 aromatic carbocycles. The maximum absolute atomic E-state index is 6.41. The number of hydrogen-bond donors (Lipinski definition) is 1. The van der Waals surface area contributed by atoms with Crippen molar-refractivity contribution in [2.75, 3.05) is 13.1 Å². The topological polar surface area (TPSA) is 29.3 Å². The van der Waals surface area contributed by atoms with Crippen LogP contribution in [0.3, 0.4) is 0 Å². The largest absolute Gasteiger partial charge is 0.327 e. The van der Waals surface area contributed by atoms with Crippen molar-refractivity contribution in [3.05, 3.63) is 11.6 Å². The van der Waals surface area contributed by atoms with E-state index in [1.54, 1.807) is 5.57 Å². The minimum atomic E-state index is 0.306. The van der Waals surface area contributed by atoms with Crippen LogP contribution in [0.4, 0.5) is 0 Å². The summed E-state index contributed by atoms with van der Waals surface area (Å²) >= 11 is 0. The molecule has 1 atom stereocenters. The summed E-state index contributed by atoms with van der Waals surface area (Å²) in [4.78, 5) is 2.61. The van der Waals surface area contributed by atoms with E-state index in [1.807, 2.05) is 0 Å². The molecule has 2 N–H and O–H groups in total. The molecule has 98 valence electrons. The molecule has 0 aromatic heterocycles. The lowest BCUT2D eigenvalue weighted by Gasteiger charge is -2.47. The standard InChI is InChI=1S/C15H28N2/c1-5-12-6-7-13(16)15(12)8-10-17(11-9-15)14(2,3)4/h5,13H,6-11,16H2,1-4H3/b12-5+/t13-/m1/s1. The van der Waals surface area contributed by atoms with Gasteiger partial charge < -0.3 is 5.73 Å². The normalized spacial score (nSPS) is 32.5. The number of nitrogens with zero attached hydrogens (tertiary/aromatic N) is 1. The Labute approximate surface area is 106 Å². The number of allylic oxidation sites excluding steroid dienone is 1. The van der Waals surface area contributed by atoms with Crippen molar-refractivity contribution in [2.45, 2.75) is 65.0 Å². The second-order valence-corrected chi connectivity index (χ2v) is 6.77. The average molecular weight is 236 g/mol. The summed E-state index contributed by atoms with van der Waals surface area (Å²) in [7, 11) is 0. The van der Waals surface area contributed by atoms with E-state index < -0.39 is 0 Å². The van der Waals surface area contributed by atoms with Gasteiger partial charge >= 0.3 is 0 Å². The Bertz CT molecular complexity index is 303. The molecule has 1 spiro atoms. The molecule has 2 fully saturated rings. The summed E-state index contributed by atoms with van der Waals surface area (Å²) in [5.41, 5.74) is 8.69. The lowest BCUT2D eigenvalue weighted by atomic mass is 9.71. The van der Waals surface area contributed by atoms with E-state index >= 15 is 0 Å². The van der Waals surface area contributed by atoms with E-state index in [0.29, 0.717) is 17.0 Å². The lowest BCUT2D eigenvalue weighted by Crippen LogP contribution is -2.52. The van der Waals surface area contributed by atoms with Crippen molar-refractivity contribution < 1.29 is 0 Å². The fourth-order valence-corrected chi connectivity index (χ4v) is 3.77. The van der Waals surface area contributed by atoms with Gasteiger partial charge in [0.1, 0.15) is 0 Å². The fraction of sp³-hybridized carbons (Fsp3) is 0.867. The van der Waals surface area contributed by atoms with E-state index in [1.165, 1.54) is 38.8 Å². The quantitative estimate of drug-likeness (QED) is 0.655. The number of nitrogens with two attached hydrogens (primary N) is 1. The molecular formula is C15H28N2. The Morgan fingerprint density at radius 1 is 1.29 bits per heavy atom. The molecule has 0 aromatic rings. The van der Waals surface area contributed by atoms with Gasteiger partial charge in [-0.05, 0) is 66.5 Å². The third-order valence-corrected chi connectivity index (χ3v) is 5.03. The molecule has 1 aliphatic carbocycles. The summed E-state index contributed by atoms with van der Waals surface area (Å²) in [6.45, 7) is 11.5. The van der Waals surface area contributed by atoms with Crippen LogP contribution >= 0.6 is 0 Å². The van der Waals surface area contributed by atoms with Gasteiger partial charge in [0.15, 0.2) is 0 Å². The molecule has 1 aliphatic heterocycles. The highest BCUT2D eigenvalue weighted by Gasteiger charge is 2.46. The zero-order chi connectivity index (χ0) is 12.7. The van der Waals surface area contributed by atoms with E-state index in [4.69, 9.17) is 5.73 Å². The Hall–Kier alpha value is -0.340. The second kappa shape index (κ2) is 4.40. The first kappa shape index (κ1) is 13.1. The van der Waals surface area contributed by atoms with E-state index in [9.17, 15) is 0 Å². The molecule has 1 saturated carbocycles. The van der Waals surface area contributed by atoms with Gasteiger partial charge in [-0.25, -0.2) is 0 Å². The highest BCUT2D eigenvalue weighted by Crippen LogP contribution is 2.49. The van der Waals surface area contributed by atoms with Crippen molar-refractivity contribution in [1.82, 2.24) is 4.90 Å². The van der Waals surface area contributed by atoms with Gasteiger partial charge in [-0.15, -0.1) is 0 Å². The molecule has 2 rings (SSSR count). The Morgan fingerprint density at radius 2 is 1.88 bits per heavy atom. The number of likely N-dealkylation sites (tertiary alicyclic amines) is 1. The van der Waals surface area contributed by atoms with Crippen LogP contribution in [0.15, 0.2) is 11.6 Å². The van der Waals surface area contributed by atoms with Crippen LogP contribution in [0, 0.1) is 5.41 Å². The first-order valence-electron chi connectivity index (χ1n) is 7.06. The Balaban J connectivity index is 2.12. The molecule has 17 heavy (non-hydrogen) atoms. The highest BCUT2D eigenvalue weighted by molar-refractivity contribution is 5.24. The van der Waals surface area contributed by atoms with Crippen molar-refractivity contribution in [3.63, 3.8) is 0 Å². The maximum Gasteiger partial charge on any atom is 0.0137 e. The summed E-state index contributed by atoms with van der Waals surface area (Å²) < 4.78 is 0. The first-order chi connectivity index (χ1) is 7.90. The van der Waals surface area contributed by atoms with Gasteiger partial charge in [-0.3, -0.25) is 4.90 Å². The molecule has 2 nitrogen and oxygen atoms in total. The van der Waals surface area contributed by atoms with Crippen LogP contribution in [0.25, 0.3) is 0 Å². The SMILES string of the molecule is C/C=C1\CC[C@@H](N)C12CCN(C(C)(C)C)CC2. The first-order valence-corrected chi connectivity index (χ1v) is 7.06. The highest BCUT2D eigenvalue weighted by atomic mass is 15.2. The minimum absolute atomic E-state index is 0.306. The third kappa shape index (κ3) is 2.17. The van der Waals surface area contributed by atoms with Gasteiger partial charge in [0.25, 0.3) is 0 Å². The molecule has 2 heteroatoms. The molecule has 1 heterocycles. The average Bonchev–Trinajstić information content (AvgIpc) is 2.56. The van der Waals surface area contributed by atoms with Crippen LogP contribution in [0.1, 0.15) is 53.4 Å². The minimum Gasteiger partial charge on any atom is -0.327 e. The number of rotatable bonds is 0. The summed E-state index contributed by atoms with van der Waals surface area (Å²) in [5, 5.41) is 0. The van der Waals surface area contributed by atoms with Crippen molar-refractivity contribution in [3.8, 4) is 0 Å². The smallest absolute Gasteiger partial charge is 0.0137 e. The number of hydrogen-bond acceptors (Lipinski definition) is 2. The van der Waals surface area contributed by atoms with E-state index in [0.717, 1.165) is 0 Å². The molecule has 0 unspecified atom stereocenters. The third-order valence-electron chi connectivity index (χ3n) is 5.03. The van der Waals surface area contributed by atoms with Crippen LogP contribution in [0.2, 0.25) is 0 Å². The molecule has 0 radical (unpaired) electrons. The maximum atomic E-state index is 6.41. The van der Waals surface area contributed by atoms with E-state index in [2.05, 4.69) is 38.7 Å². The molecule has 0 amide bonds. The van der Waals surface area contributed by atoms with Gasteiger partial charge in [-0.2, -0.15) is 0 Å². The predicted octanol–water partition coefficient (Wildman–Crippen LogP) is 2.93. The summed E-state index contributed by atoms with van der Waals surface area (Å²) in [5.74, 6) is 0. The predicted molar refractivity (Wildman–Crippen MR) is 74.0 cm³/mol. The Morgan fingerprint density at radius 3 is 2.35 bits per heavy atom. The second-order valence-electron chi connectivity index (χ2n) is 6.77. The van der Waals surface area contributed by atoms with Gasteiger partial charge in [0, 0.05) is 17.0 Å².